The number of hydrogen-bond acceptors (Lipinski definition) is 5. The Bertz CT molecular complexity index is 534. The second-order valence-electron chi connectivity index (χ2n) is 4.43. The second-order valence-corrected chi connectivity index (χ2v) is 5.44. The van der Waals surface area contributed by atoms with E-state index >= 15 is 0 Å². The molecule has 0 bridgehead atoms. The number of carbonyl (C=O) groups is 1. The molecule has 1 aromatic carbocycles. The topological polar surface area (TPSA) is 42.4 Å². The van der Waals surface area contributed by atoms with Gasteiger partial charge in [-0.3, -0.25) is 4.79 Å². The predicted molar refractivity (Wildman–Crippen MR) is 78.7 cm³/mol. The highest BCUT2D eigenvalue weighted by Gasteiger charge is 2.19. The number of methoxy groups -OCH3 is 1. The predicted octanol–water partition coefficient (Wildman–Crippen LogP) is 2.93. The van der Waals surface area contributed by atoms with Crippen LogP contribution >= 0.6 is 11.3 Å². The third-order valence-corrected chi connectivity index (χ3v) is 4.13. The van der Waals surface area contributed by atoms with Gasteiger partial charge in [0.15, 0.2) is 5.13 Å². The van der Waals surface area contributed by atoms with Crippen LogP contribution in [0.2, 0.25) is 0 Å². The second kappa shape index (κ2) is 6.02. The van der Waals surface area contributed by atoms with E-state index in [-0.39, 0.29) is 11.9 Å². The standard InChI is InChI=1S/C14H18N2O2S/c1-4-16(9-10(2)13(17)18-3)14-15-11-7-5-6-8-12(11)19-14/h5-8,10H,4,9H2,1-3H3. The molecule has 4 nitrogen and oxygen atoms in total. The quantitative estimate of drug-likeness (QED) is 0.789. The molecule has 102 valence electrons. The summed E-state index contributed by atoms with van der Waals surface area (Å²) in [5, 5.41) is 0.958. The Kier molecular flexibility index (Phi) is 4.37. The normalized spacial score (nSPS) is 12.4. The van der Waals surface area contributed by atoms with Crippen molar-refractivity contribution in [1.82, 2.24) is 4.98 Å². The lowest BCUT2D eigenvalue weighted by Crippen LogP contribution is -2.32. The monoisotopic (exact) mass is 278 g/mol. The maximum atomic E-state index is 11.5. The van der Waals surface area contributed by atoms with Gasteiger partial charge in [0.05, 0.1) is 23.2 Å². The third kappa shape index (κ3) is 3.04. The molecule has 0 fully saturated rings. The van der Waals surface area contributed by atoms with Gasteiger partial charge in [-0.25, -0.2) is 4.98 Å². The van der Waals surface area contributed by atoms with Crippen molar-refractivity contribution in [2.75, 3.05) is 25.1 Å². The van der Waals surface area contributed by atoms with Crippen LogP contribution in [0.25, 0.3) is 10.2 Å². The molecule has 19 heavy (non-hydrogen) atoms. The minimum Gasteiger partial charge on any atom is -0.469 e. The van der Waals surface area contributed by atoms with Crippen molar-refractivity contribution in [2.45, 2.75) is 13.8 Å². The van der Waals surface area contributed by atoms with E-state index < -0.39 is 0 Å². The number of benzene rings is 1. The number of nitrogens with zero attached hydrogens (tertiary/aromatic N) is 2. The van der Waals surface area contributed by atoms with Gasteiger partial charge in [0.1, 0.15) is 0 Å². The lowest BCUT2D eigenvalue weighted by molar-refractivity contribution is -0.144. The van der Waals surface area contributed by atoms with E-state index in [1.807, 2.05) is 25.1 Å². The van der Waals surface area contributed by atoms with E-state index in [1.54, 1.807) is 11.3 Å². The molecule has 0 aliphatic carbocycles. The van der Waals surface area contributed by atoms with Gasteiger partial charge in [-0.05, 0) is 19.1 Å². The number of esters is 1. The van der Waals surface area contributed by atoms with Gasteiger partial charge in [-0.2, -0.15) is 0 Å². The summed E-state index contributed by atoms with van der Waals surface area (Å²) in [6.45, 7) is 5.39. The number of rotatable bonds is 5. The van der Waals surface area contributed by atoms with Crippen molar-refractivity contribution in [3.8, 4) is 0 Å². The minimum atomic E-state index is -0.181. The van der Waals surface area contributed by atoms with E-state index in [4.69, 9.17) is 4.74 Å². The highest BCUT2D eigenvalue weighted by Crippen LogP contribution is 2.28. The van der Waals surface area contributed by atoms with Crippen LogP contribution in [0.4, 0.5) is 5.13 Å². The molecule has 2 rings (SSSR count). The fraction of sp³-hybridized carbons (Fsp3) is 0.429. The molecule has 0 amide bonds. The summed E-state index contributed by atoms with van der Waals surface area (Å²) in [6, 6.07) is 8.07. The van der Waals surface area contributed by atoms with Crippen molar-refractivity contribution in [1.29, 1.82) is 0 Å². The molecule has 1 atom stereocenters. The zero-order valence-corrected chi connectivity index (χ0v) is 12.2. The van der Waals surface area contributed by atoms with Gasteiger partial charge in [-0.1, -0.05) is 30.4 Å². The summed E-state index contributed by atoms with van der Waals surface area (Å²) < 4.78 is 5.94. The first-order valence-corrected chi connectivity index (χ1v) is 7.15. The molecule has 5 heteroatoms. The van der Waals surface area contributed by atoms with Gasteiger partial charge in [0.2, 0.25) is 0 Å². The number of ether oxygens (including phenoxy) is 1. The van der Waals surface area contributed by atoms with Crippen molar-refractivity contribution in [3.05, 3.63) is 24.3 Å². The number of thiazole rings is 1. The molecule has 0 aliphatic heterocycles. The van der Waals surface area contributed by atoms with Crippen molar-refractivity contribution in [3.63, 3.8) is 0 Å². The van der Waals surface area contributed by atoms with Gasteiger partial charge in [-0.15, -0.1) is 0 Å². The molecule has 0 saturated heterocycles. The van der Waals surface area contributed by atoms with Crippen molar-refractivity contribution >= 4 is 32.7 Å². The summed E-state index contributed by atoms with van der Waals surface area (Å²) in [5.41, 5.74) is 1.01. The summed E-state index contributed by atoms with van der Waals surface area (Å²) in [4.78, 5) is 18.2. The van der Waals surface area contributed by atoms with Crippen molar-refractivity contribution < 1.29 is 9.53 Å². The zero-order valence-electron chi connectivity index (χ0n) is 11.4. The van der Waals surface area contributed by atoms with Crippen LogP contribution in [0, 0.1) is 5.92 Å². The summed E-state index contributed by atoms with van der Waals surface area (Å²) in [5.74, 6) is -0.337. The van der Waals surface area contributed by atoms with Crippen LogP contribution in [0.15, 0.2) is 24.3 Å². The van der Waals surface area contributed by atoms with E-state index in [0.717, 1.165) is 17.2 Å². The molecule has 0 saturated carbocycles. The van der Waals surface area contributed by atoms with Gasteiger partial charge < -0.3 is 9.64 Å². The molecule has 2 aromatic rings. The lowest BCUT2D eigenvalue weighted by atomic mass is 10.2. The Morgan fingerprint density at radius 3 is 2.84 bits per heavy atom. The maximum absolute atomic E-state index is 11.5. The molecule has 1 unspecified atom stereocenters. The lowest BCUT2D eigenvalue weighted by Gasteiger charge is -2.22. The number of anilines is 1. The average Bonchev–Trinajstić information content (AvgIpc) is 2.87. The number of fused-ring (bicyclic) bond motifs is 1. The van der Waals surface area contributed by atoms with Crippen LogP contribution in [-0.2, 0) is 9.53 Å². The molecule has 0 spiro atoms. The Balaban J connectivity index is 2.19. The van der Waals surface area contributed by atoms with Crippen LogP contribution in [0.1, 0.15) is 13.8 Å². The zero-order chi connectivity index (χ0) is 13.8. The number of para-hydroxylation sites is 1. The Morgan fingerprint density at radius 2 is 2.21 bits per heavy atom. The number of aromatic nitrogens is 1. The maximum Gasteiger partial charge on any atom is 0.310 e. The number of hydrogen-bond donors (Lipinski definition) is 0. The van der Waals surface area contributed by atoms with Gasteiger partial charge in [0.25, 0.3) is 0 Å². The molecular formula is C14H18N2O2S. The third-order valence-electron chi connectivity index (χ3n) is 3.03. The smallest absolute Gasteiger partial charge is 0.310 e. The highest BCUT2D eigenvalue weighted by atomic mass is 32.1. The van der Waals surface area contributed by atoms with Gasteiger partial charge >= 0.3 is 5.97 Å². The fourth-order valence-electron chi connectivity index (χ4n) is 1.94. The first-order valence-electron chi connectivity index (χ1n) is 6.34. The van der Waals surface area contributed by atoms with Crippen LogP contribution in [0.5, 0.6) is 0 Å². The minimum absolute atomic E-state index is 0.156. The Morgan fingerprint density at radius 1 is 1.47 bits per heavy atom. The van der Waals surface area contributed by atoms with Crippen LogP contribution < -0.4 is 4.90 Å². The molecule has 1 heterocycles. The Labute approximate surface area is 117 Å². The van der Waals surface area contributed by atoms with Crippen molar-refractivity contribution in [2.24, 2.45) is 5.92 Å². The number of carbonyl (C=O) groups excluding carboxylic acids is 1. The SMILES string of the molecule is CCN(CC(C)C(=O)OC)c1nc2ccccc2s1. The molecular weight excluding hydrogens is 260 g/mol. The molecule has 0 radical (unpaired) electrons. The first kappa shape index (κ1) is 13.8. The van der Waals surface area contributed by atoms with E-state index in [2.05, 4.69) is 22.9 Å². The van der Waals surface area contributed by atoms with Crippen LogP contribution in [0.3, 0.4) is 0 Å². The molecule has 0 N–H and O–H groups in total. The largest absolute Gasteiger partial charge is 0.469 e. The first-order chi connectivity index (χ1) is 9.15. The van der Waals surface area contributed by atoms with E-state index in [1.165, 1.54) is 11.8 Å². The molecule has 0 aliphatic rings. The molecule has 1 aromatic heterocycles. The van der Waals surface area contributed by atoms with Gasteiger partial charge in [0, 0.05) is 13.1 Å². The Hall–Kier alpha value is -1.62. The van der Waals surface area contributed by atoms with Crippen LogP contribution in [-0.4, -0.2) is 31.2 Å². The highest BCUT2D eigenvalue weighted by molar-refractivity contribution is 7.22. The summed E-state index contributed by atoms with van der Waals surface area (Å²) in [7, 11) is 1.42. The average molecular weight is 278 g/mol. The van der Waals surface area contributed by atoms with E-state index in [9.17, 15) is 4.79 Å². The van der Waals surface area contributed by atoms with E-state index in [0.29, 0.717) is 6.54 Å². The summed E-state index contributed by atoms with van der Waals surface area (Å²) >= 11 is 1.65. The fourth-order valence-corrected chi connectivity index (χ4v) is 2.98. The summed E-state index contributed by atoms with van der Waals surface area (Å²) in [6.07, 6.45) is 0.